The molecule has 1 aliphatic carbocycles. The lowest BCUT2D eigenvalue weighted by atomic mass is 10.00. The van der Waals surface area contributed by atoms with E-state index in [1.807, 2.05) is 18.2 Å². The molecule has 2 aliphatic rings. The van der Waals surface area contributed by atoms with Gasteiger partial charge in [0, 0.05) is 23.1 Å². The Morgan fingerprint density at radius 2 is 1.93 bits per heavy atom. The molecule has 0 spiro atoms. The maximum atomic E-state index is 13.0. The van der Waals surface area contributed by atoms with Crippen LogP contribution < -0.4 is 14.8 Å². The monoisotopic (exact) mass is 413 g/mol. The van der Waals surface area contributed by atoms with Crippen LogP contribution in [0, 0.1) is 0 Å². The molecule has 5 rings (SSSR count). The van der Waals surface area contributed by atoms with Gasteiger partial charge in [0.25, 0.3) is 0 Å². The predicted molar refractivity (Wildman–Crippen MR) is 106 cm³/mol. The molecule has 1 amide bonds. The summed E-state index contributed by atoms with van der Waals surface area (Å²) < 4.78 is 21.5. The number of thioether (sulfide) groups is 1. The lowest BCUT2D eigenvalue weighted by Gasteiger charge is -2.10. The summed E-state index contributed by atoms with van der Waals surface area (Å²) in [6.45, 7) is 0. The number of rotatable bonds is 6. The highest BCUT2D eigenvalue weighted by atomic mass is 32.2. The van der Waals surface area contributed by atoms with E-state index in [-0.39, 0.29) is 5.91 Å². The summed E-state index contributed by atoms with van der Waals surface area (Å²) in [4.78, 5) is 13.0. The highest BCUT2D eigenvalue weighted by Crippen LogP contribution is 2.50. The molecule has 29 heavy (non-hydrogen) atoms. The van der Waals surface area contributed by atoms with Crippen molar-refractivity contribution in [1.82, 2.24) is 10.3 Å². The Kier molecular flexibility index (Phi) is 4.27. The average Bonchev–Trinajstić information content (AvgIpc) is 3.10. The van der Waals surface area contributed by atoms with Gasteiger partial charge < -0.3 is 18.5 Å². The highest BCUT2D eigenvalue weighted by molar-refractivity contribution is 7.98. The molecule has 150 valence electrons. The molecule has 1 aromatic carbocycles. The molecule has 9 heteroatoms. The third-order valence-electron chi connectivity index (χ3n) is 5.43. The molecule has 3 heterocycles. The van der Waals surface area contributed by atoms with Crippen molar-refractivity contribution in [2.75, 3.05) is 19.5 Å². The van der Waals surface area contributed by atoms with E-state index >= 15 is 0 Å². The molecule has 0 saturated heterocycles. The Balaban J connectivity index is 1.39. The van der Waals surface area contributed by atoms with Crippen LogP contribution in [0.15, 0.2) is 33.3 Å². The van der Waals surface area contributed by atoms with Crippen molar-refractivity contribution in [2.24, 2.45) is 0 Å². The molecule has 2 aromatic heterocycles. The van der Waals surface area contributed by atoms with Gasteiger partial charge in [-0.05, 0) is 31.0 Å². The van der Waals surface area contributed by atoms with Gasteiger partial charge in [-0.15, -0.1) is 0 Å². The first-order valence-electron chi connectivity index (χ1n) is 9.21. The van der Waals surface area contributed by atoms with Crippen molar-refractivity contribution in [3.8, 4) is 22.8 Å². The van der Waals surface area contributed by atoms with Crippen LogP contribution in [-0.4, -0.2) is 30.4 Å². The molecule has 3 aromatic rings. The minimum Gasteiger partial charge on any atom is -0.493 e. The molecule has 1 fully saturated rings. The van der Waals surface area contributed by atoms with Crippen LogP contribution in [0.1, 0.15) is 29.8 Å². The SMILES string of the molecule is COc1ccc(-c2cc(C3(C(=O)Nc4onc5c4CSC5)CC3)no2)cc1OC. The molecule has 0 unspecified atom stereocenters. The number of carbonyl (C=O) groups excluding carboxylic acids is 1. The van der Waals surface area contributed by atoms with Crippen molar-refractivity contribution in [2.45, 2.75) is 29.8 Å². The number of nitrogens with one attached hydrogen (secondary N) is 1. The number of methoxy groups -OCH3 is 2. The van der Waals surface area contributed by atoms with Crippen LogP contribution in [0.4, 0.5) is 5.88 Å². The van der Waals surface area contributed by atoms with Gasteiger partial charge in [0.15, 0.2) is 17.3 Å². The molecule has 0 atom stereocenters. The van der Waals surface area contributed by atoms with Gasteiger partial charge >= 0.3 is 0 Å². The van der Waals surface area contributed by atoms with Gasteiger partial charge in [-0.3, -0.25) is 10.1 Å². The van der Waals surface area contributed by atoms with Gasteiger partial charge in [-0.25, -0.2) is 0 Å². The number of anilines is 1. The zero-order valence-corrected chi connectivity index (χ0v) is 16.8. The van der Waals surface area contributed by atoms with Crippen LogP contribution in [0.25, 0.3) is 11.3 Å². The van der Waals surface area contributed by atoms with E-state index in [0.29, 0.717) is 41.7 Å². The normalized spacial score (nSPS) is 16.3. The van der Waals surface area contributed by atoms with Gasteiger partial charge in [-0.2, -0.15) is 11.8 Å². The summed E-state index contributed by atoms with van der Waals surface area (Å²) in [5.41, 5.74) is 2.61. The van der Waals surface area contributed by atoms with E-state index < -0.39 is 5.41 Å². The second-order valence-electron chi connectivity index (χ2n) is 7.11. The summed E-state index contributed by atoms with van der Waals surface area (Å²) >= 11 is 1.76. The summed E-state index contributed by atoms with van der Waals surface area (Å²) in [6, 6.07) is 7.30. The van der Waals surface area contributed by atoms with Crippen molar-refractivity contribution in [3.63, 3.8) is 0 Å². The molecule has 0 bridgehead atoms. The molecular formula is C20H19N3O5S. The molecule has 8 nitrogen and oxygen atoms in total. The first kappa shape index (κ1) is 18.1. The number of fused-ring (bicyclic) bond motifs is 1. The predicted octanol–water partition coefficient (Wildman–Crippen LogP) is 3.76. The Labute approximate surface area is 170 Å². The molecule has 1 aliphatic heterocycles. The summed E-state index contributed by atoms with van der Waals surface area (Å²) in [6.07, 6.45) is 1.42. The molecular weight excluding hydrogens is 394 g/mol. The standard InChI is InChI=1S/C20H19N3O5S/c1-25-14-4-3-11(7-16(14)26-2)15-8-17(23-27-15)20(5-6-20)19(24)21-18-12-9-29-10-13(12)22-28-18/h3-4,7-8H,5-6,9-10H2,1-2H3,(H,21,24). The Hall–Kier alpha value is -2.94. The van der Waals surface area contributed by atoms with E-state index in [1.165, 1.54) is 0 Å². The van der Waals surface area contributed by atoms with Crippen LogP contribution in [0.5, 0.6) is 11.5 Å². The number of amides is 1. The first-order valence-corrected chi connectivity index (χ1v) is 10.4. The van der Waals surface area contributed by atoms with E-state index in [4.69, 9.17) is 18.5 Å². The van der Waals surface area contributed by atoms with Crippen molar-refractivity contribution < 1.29 is 23.3 Å². The zero-order valence-electron chi connectivity index (χ0n) is 16.0. The van der Waals surface area contributed by atoms with E-state index in [1.54, 1.807) is 32.0 Å². The van der Waals surface area contributed by atoms with Gasteiger partial charge in [-0.1, -0.05) is 10.3 Å². The fraction of sp³-hybridized carbons (Fsp3) is 0.350. The minimum absolute atomic E-state index is 0.138. The molecule has 1 saturated carbocycles. The highest BCUT2D eigenvalue weighted by Gasteiger charge is 2.54. The Bertz CT molecular complexity index is 1090. The third-order valence-corrected chi connectivity index (χ3v) is 6.41. The maximum Gasteiger partial charge on any atom is 0.239 e. The number of carbonyl (C=O) groups is 1. The number of hydrogen-bond donors (Lipinski definition) is 1. The number of ether oxygens (including phenoxy) is 2. The summed E-state index contributed by atoms with van der Waals surface area (Å²) in [7, 11) is 3.16. The second-order valence-corrected chi connectivity index (χ2v) is 8.10. The van der Waals surface area contributed by atoms with Gasteiger partial charge in [0.05, 0.1) is 36.6 Å². The summed E-state index contributed by atoms with van der Waals surface area (Å²) in [5.74, 6) is 3.72. The topological polar surface area (TPSA) is 99.6 Å². The van der Waals surface area contributed by atoms with Crippen LogP contribution in [0.3, 0.4) is 0 Å². The first-order chi connectivity index (χ1) is 14.1. The smallest absolute Gasteiger partial charge is 0.239 e. The zero-order chi connectivity index (χ0) is 20.0. The largest absolute Gasteiger partial charge is 0.493 e. The fourth-order valence-electron chi connectivity index (χ4n) is 3.53. The number of aromatic nitrogens is 2. The summed E-state index contributed by atoms with van der Waals surface area (Å²) in [5, 5.41) is 11.1. The van der Waals surface area contributed by atoms with Crippen molar-refractivity contribution in [3.05, 3.63) is 41.2 Å². The van der Waals surface area contributed by atoms with E-state index in [9.17, 15) is 4.79 Å². The van der Waals surface area contributed by atoms with Gasteiger partial charge in [0.2, 0.25) is 11.8 Å². The number of nitrogens with zero attached hydrogens (tertiary/aromatic N) is 2. The van der Waals surface area contributed by atoms with Gasteiger partial charge in [0.1, 0.15) is 0 Å². The lowest BCUT2D eigenvalue weighted by molar-refractivity contribution is -0.118. The Morgan fingerprint density at radius 1 is 1.10 bits per heavy atom. The van der Waals surface area contributed by atoms with E-state index in [0.717, 1.165) is 28.3 Å². The Morgan fingerprint density at radius 3 is 2.69 bits per heavy atom. The number of hydrogen-bond acceptors (Lipinski definition) is 8. The lowest BCUT2D eigenvalue weighted by Crippen LogP contribution is -2.28. The third kappa shape index (κ3) is 2.96. The van der Waals surface area contributed by atoms with Crippen LogP contribution in [0.2, 0.25) is 0 Å². The quantitative estimate of drug-likeness (QED) is 0.652. The van der Waals surface area contributed by atoms with Crippen molar-refractivity contribution >= 4 is 23.6 Å². The maximum absolute atomic E-state index is 13.0. The molecule has 1 N–H and O–H groups in total. The average molecular weight is 413 g/mol. The second kappa shape index (κ2) is 6.84. The fourth-order valence-corrected chi connectivity index (χ4v) is 4.55. The van der Waals surface area contributed by atoms with Crippen LogP contribution in [-0.2, 0) is 21.7 Å². The van der Waals surface area contributed by atoms with E-state index in [2.05, 4.69) is 15.6 Å². The number of benzene rings is 1. The molecule has 0 radical (unpaired) electrons. The van der Waals surface area contributed by atoms with Crippen molar-refractivity contribution in [1.29, 1.82) is 0 Å². The van der Waals surface area contributed by atoms with Crippen LogP contribution >= 0.6 is 11.8 Å². The minimum atomic E-state index is -0.691.